The summed E-state index contributed by atoms with van der Waals surface area (Å²) in [5.74, 6) is 0. The maximum Gasteiger partial charge on any atom is 0.0727 e. The first kappa shape index (κ1) is 14.9. The zero-order valence-corrected chi connectivity index (χ0v) is 13.5. The summed E-state index contributed by atoms with van der Waals surface area (Å²) < 4.78 is 1.87. The minimum atomic E-state index is 0.0364. The summed E-state index contributed by atoms with van der Waals surface area (Å²) in [5.41, 5.74) is 4.53. The number of nitrogens with one attached hydrogen (secondary N) is 1. The third kappa shape index (κ3) is 3.34. The third-order valence-electron chi connectivity index (χ3n) is 3.21. The van der Waals surface area contributed by atoms with Gasteiger partial charge in [-0.05, 0) is 24.6 Å². The molecule has 0 atom stereocenters. The molecule has 3 nitrogen and oxygen atoms in total. The van der Waals surface area contributed by atoms with Crippen molar-refractivity contribution in [2.24, 2.45) is 7.05 Å². The first-order chi connectivity index (χ1) is 9.27. The van der Waals surface area contributed by atoms with Crippen LogP contribution in [0.1, 0.15) is 37.6 Å². The van der Waals surface area contributed by atoms with E-state index in [2.05, 4.69) is 50.4 Å². The van der Waals surface area contributed by atoms with E-state index in [1.807, 2.05) is 23.9 Å². The fourth-order valence-electron chi connectivity index (χ4n) is 2.26. The van der Waals surface area contributed by atoms with Gasteiger partial charge in [0.05, 0.1) is 16.4 Å². The number of aryl methyl sites for hydroxylation is 2. The highest BCUT2D eigenvalue weighted by atomic mass is 35.5. The first-order valence-electron chi connectivity index (χ1n) is 6.80. The van der Waals surface area contributed by atoms with Crippen molar-refractivity contribution < 1.29 is 0 Å². The second-order valence-electron chi connectivity index (χ2n) is 6.26. The number of hydrogen-bond donors (Lipinski definition) is 1. The van der Waals surface area contributed by atoms with Gasteiger partial charge in [-0.15, -0.1) is 0 Å². The standard InChI is InChI=1S/C16H22ClN3/c1-11-6-7-13(17)14(8-11)18-9-12-10-20(5)19-15(12)16(2,3)4/h6-8,10,18H,9H2,1-5H3. The molecule has 2 aromatic rings. The van der Waals surface area contributed by atoms with E-state index in [4.69, 9.17) is 11.6 Å². The lowest BCUT2D eigenvalue weighted by atomic mass is 9.89. The lowest BCUT2D eigenvalue weighted by Gasteiger charge is -2.18. The Morgan fingerprint density at radius 2 is 2.00 bits per heavy atom. The van der Waals surface area contributed by atoms with Gasteiger partial charge in [-0.2, -0.15) is 5.10 Å². The van der Waals surface area contributed by atoms with Crippen molar-refractivity contribution in [2.45, 2.75) is 39.7 Å². The second-order valence-corrected chi connectivity index (χ2v) is 6.67. The van der Waals surface area contributed by atoms with Crippen molar-refractivity contribution in [1.82, 2.24) is 9.78 Å². The van der Waals surface area contributed by atoms with E-state index in [1.165, 1.54) is 11.1 Å². The van der Waals surface area contributed by atoms with Gasteiger partial charge in [0.15, 0.2) is 0 Å². The molecular formula is C16H22ClN3. The average Bonchev–Trinajstić information content (AvgIpc) is 2.72. The zero-order chi connectivity index (χ0) is 14.9. The predicted molar refractivity (Wildman–Crippen MR) is 85.4 cm³/mol. The molecule has 1 heterocycles. The van der Waals surface area contributed by atoms with Crippen LogP contribution in [-0.4, -0.2) is 9.78 Å². The van der Waals surface area contributed by atoms with Gasteiger partial charge < -0.3 is 5.32 Å². The summed E-state index contributed by atoms with van der Waals surface area (Å²) in [5, 5.41) is 8.74. The normalized spacial score (nSPS) is 11.7. The Balaban J connectivity index is 2.21. The van der Waals surface area contributed by atoms with Crippen molar-refractivity contribution in [3.05, 3.63) is 46.2 Å². The highest BCUT2D eigenvalue weighted by molar-refractivity contribution is 6.33. The molecule has 0 amide bonds. The van der Waals surface area contributed by atoms with Crippen LogP contribution in [-0.2, 0) is 19.0 Å². The molecule has 0 unspecified atom stereocenters. The molecule has 0 aliphatic carbocycles. The Morgan fingerprint density at radius 3 is 2.65 bits per heavy atom. The van der Waals surface area contributed by atoms with Crippen molar-refractivity contribution >= 4 is 17.3 Å². The van der Waals surface area contributed by atoms with Crippen molar-refractivity contribution in [1.29, 1.82) is 0 Å². The molecule has 0 saturated carbocycles. The van der Waals surface area contributed by atoms with E-state index in [-0.39, 0.29) is 5.41 Å². The van der Waals surface area contributed by atoms with Gasteiger partial charge in [-0.25, -0.2) is 0 Å². The summed E-state index contributed by atoms with van der Waals surface area (Å²) in [6.07, 6.45) is 2.07. The molecule has 0 radical (unpaired) electrons. The molecule has 0 bridgehead atoms. The third-order valence-corrected chi connectivity index (χ3v) is 3.54. The van der Waals surface area contributed by atoms with E-state index < -0.39 is 0 Å². The quantitative estimate of drug-likeness (QED) is 0.914. The van der Waals surface area contributed by atoms with Gasteiger partial charge in [-0.3, -0.25) is 4.68 Å². The van der Waals surface area contributed by atoms with Gasteiger partial charge in [-0.1, -0.05) is 38.4 Å². The summed E-state index contributed by atoms with van der Waals surface area (Å²) in [6, 6.07) is 6.00. The highest BCUT2D eigenvalue weighted by Gasteiger charge is 2.21. The fraction of sp³-hybridized carbons (Fsp3) is 0.438. The van der Waals surface area contributed by atoms with Crippen LogP contribution in [0.2, 0.25) is 5.02 Å². The number of nitrogens with zero attached hydrogens (tertiary/aromatic N) is 2. The SMILES string of the molecule is Cc1ccc(Cl)c(NCc2cn(C)nc2C(C)(C)C)c1. The average molecular weight is 292 g/mol. The molecule has 1 N–H and O–H groups in total. The first-order valence-corrected chi connectivity index (χ1v) is 7.18. The maximum absolute atomic E-state index is 6.21. The van der Waals surface area contributed by atoms with Crippen molar-refractivity contribution in [2.75, 3.05) is 5.32 Å². The number of benzene rings is 1. The van der Waals surface area contributed by atoms with E-state index >= 15 is 0 Å². The minimum Gasteiger partial charge on any atom is -0.380 e. The Hall–Kier alpha value is -1.48. The molecular weight excluding hydrogens is 270 g/mol. The van der Waals surface area contributed by atoms with Crippen LogP contribution in [0.15, 0.2) is 24.4 Å². The van der Waals surface area contributed by atoms with E-state index in [0.29, 0.717) is 0 Å². The molecule has 0 saturated heterocycles. The minimum absolute atomic E-state index is 0.0364. The summed E-state index contributed by atoms with van der Waals surface area (Å²) in [4.78, 5) is 0. The van der Waals surface area contributed by atoms with Crippen LogP contribution in [0.3, 0.4) is 0 Å². The van der Waals surface area contributed by atoms with Gasteiger partial charge in [0.2, 0.25) is 0 Å². The second kappa shape index (κ2) is 5.49. The Labute approximate surface area is 126 Å². The summed E-state index contributed by atoms with van der Waals surface area (Å²) >= 11 is 6.21. The van der Waals surface area contributed by atoms with Gasteiger partial charge in [0.1, 0.15) is 0 Å². The molecule has 1 aromatic carbocycles. The van der Waals surface area contributed by atoms with Crippen LogP contribution in [0.4, 0.5) is 5.69 Å². The Kier molecular flexibility index (Phi) is 4.09. The Bertz CT molecular complexity index is 609. The number of hydrogen-bond acceptors (Lipinski definition) is 2. The number of aromatic nitrogens is 2. The maximum atomic E-state index is 6.21. The highest BCUT2D eigenvalue weighted by Crippen LogP contribution is 2.27. The smallest absolute Gasteiger partial charge is 0.0727 e. The number of halogens is 1. The van der Waals surface area contributed by atoms with Crippen molar-refractivity contribution in [3.8, 4) is 0 Å². The van der Waals surface area contributed by atoms with Crippen LogP contribution >= 0.6 is 11.6 Å². The van der Waals surface area contributed by atoms with E-state index in [9.17, 15) is 0 Å². The van der Waals surface area contributed by atoms with Gasteiger partial charge >= 0.3 is 0 Å². The fourth-order valence-corrected chi connectivity index (χ4v) is 2.45. The van der Waals surface area contributed by atoms with Crippen molar-refractivity contribution in [3.63, 3.8) is 0 Å². The molecule has 0 spiro atoms. The van der Waals surface area contributed by atoms with Crippen LogP contribution in [0.5, 0.6) is 0 Å². The number of rotatable bonds is 3. The zero-order valence-electron chi connectivity index (χ0n) is 12.8. The predicted octanol–water partition coefficient (Wildman–Crippen LogP) is 4.29. The van der Waals surface area contributed by atoms with E-state index in [0.717, 1.165) is 22.9 Å². The molecule has 108 valence electrons. The monoisotopic (exact) mass is 291 g/mol. The largest absolute Gasteiger partial charge is 0.380 e. The molecule has 2 rings (SSSR count). The summed E-state index contributed by atoms with van der Waals surface area (Å²) in [6.45, 7) is 9.32. The van der Waals surface area contributed by atoms with Gasteiger partial charge in [0.25, 0.3) is 0 Å². The molecule has 0 fully saturated rings. The topological polar surface area (TPSA) is 29.9 Å². The lowest BCUT2D eigenvalue weighted by Crippen LogP contribution is -2.16. The molecule has 4 heteroatoms. The molecule has 0 aliphatic rings. The van der Waals surface area contributed by atoms with Crippen LogP contribution < -0.4 is 5.32 Å². The van der Waals surface area contributed by atoms with Gasteiger partial charge in [0, 0.05) is 30.8 Å². The number of anilines is 1. The lowest BCUT2D eigenvalue weighted by molar-refractivity contribution is 0.549. The Morgan fingerprint density at radius 1 is 1.30 bits per heavy atom. The van der Waals surface area contributed by atoms with Crippen LogP contribution in [0, 0.1) is 6.92 Å². The van der Waals surface area contributed by atoms with Crippen LogP contribution in [0.25, 0.3) is 0 Å². The molecule has 0 aliphatic heterocycles. The molecule has 1 aromatic heterocycles. The molecule has 20 heavy (non-hydrogen) atoms. The summed E-state index contributed by atoms with van der Waals surface area (Å²) in [7, 11) is 1.96. The van der Waals surface area contributed by atoms with E-state index in [1.54, 1.807) is 0 Å².